The van der Waals surface area contributed by atoms with Crippen molar-refractivity contribution in [3.05, 3.63) is 29.3 Å². The molecule has 3 aliphatic heterocycles. The molecule has 1 aromatic rings. The van der Waals surface area contributed by atoms with Gasteiger partial charge in [-0.1, -0.05) is 34.6 Å². The van der Waals surface area contributed by atoms with Crippen LogP contribution in [0.25, 0.3) is 0 Å². The molecule has 8 heteroatoms. The molecule has 0 spiro atoms. The predicted molar refractivity (Wildman–Crippen MR) is 140 cm³/mol. The summed E-state index contributed by atoms with van der Waals surface area (Å²) < 4.78 is 5.92. The van der Waals surface area contributed by atoms with Gasteiger partial charge < -0.3 is 25.2 Å². The molecular weight excluding hydrogens is 456 g/mol. The highest BCUT2D eigenvalue weighted by molar-refractivity contribution is 5.99. The zero-order valence-corrected chi connectivity index (χ0v) is 22.6. The van der Waals surface area contributed by atoms with Crippen molar-refractivity contribution in [2.75, 3.05) is 51.3 Å². The van der Waals surface area contributed by atoms with Gasteiger partial charge in [-0.25, -0.2) is 0 Å². The van der Waals surface area contributed by atoms with Crippen molar-refractivity contribution >= 4 is 23.3 Å². The summed E-state index contributed by atoms with van der Waals surface area (Å²) in [4.78, 5) is 46.0. The summed E-state index contributed by atoms with van der Waals surface area (Å²) in [6.45, 7) is 14.7. The molecule has 4 atom stereocenters. The fourth-order valence-electron chi connectivity index (χ4n) is 6.01. The zero-order valence-electron chi connectivity index (χ0n) is 22.6. The smallest absolute Gasteiger partial charge is 0.249 e. The number of primary amides is 1. The number of ketones is 1. The highest BCUT2D eigenvalue weighted by Crippen LogP contribution is 2.43. The number of rotatable bonds is 6. The van der Waals surface area contributed by atoms with Crippen LogP contribution in [0.3, 0.4) is 0 Å². The fraction of sp³-hybridized carbons (Fsp3) is 0.679. The van der Waals surface area contributed by atoms with Crippen LogP contribution < -0.4 is 10.6 Å². The molecule has 3 saturated heterocycles. The van der Waals surface area contributed by atoms with Crippen molar-refractivity contribution in [3.8, 4) is 0 Å². The molecule has 36 heavy (non-hydrogen) atoms. The number of nitrogens with zero attached hydrogens (tertiary/aromatic N) is 3. The van der Waals surface area contributed by atoms with E-state index in [1.54, 1.807) is 11.0 Å². The van der Waals surface area contributed by atoms with E-state index in [1.165, 1.54) is 0 Å². The number of hydrogen-bond acceptors (Lipinski definition) is 6. The largest absolute Gasteiger partial charge is 0.369 e. The van der Waals surface area contributed by atoms with Gasteiger partial charge in [0.2, 0.25) is 11.8 Å². The van der Waals surface area contributed by atoms with E-state index in [0.29, 0.717) is 24.1 Å². The van der Waals surface area contributed by atoms with Crippen LogP contribution in [0.5, 0.6) is 0 Å². The number of carbonyl (C=O) groups is 3. The van der Waals surface area contributed by atoms with E-state index in [9.17, 15) is 14.4 Å². The maximum Gasteiger partial charge on any atom is 0.249 e. The molecule has 3 heterocycles. The van der Waals surface area contributed by atoms with Crippen molar-refractivity contribution in [1.29, 1.82) is 0 Å². The molecule has 2 N–H and O–H groups in total. The molecule has 0 saturated carbocycles. The minimum Gasteiger partial charge on any atom is -0.369 e. The maximum atomic E-state index is 14.3. The number of fused-ring (bicyclic) bond motifs is 1. The standard InChI is InChI=1S/C28H42N4O4/c1-17(2)13-21(27(35)32-15-22(28(3,4)5)25-24(32)23(33)16-36-25)20-14-18(7-8-19(20)26(29)34)31-11-9-30(6)10-12-31/h7-8,14,17,21-22,24-25H,9-13,15-16H2,1-6H3,(H2,29,34)/t21-,22-,24+,25+/m0/s1. The van der Waals surface area contributed by atoms with Crippen LogP contribution in [0, 0.1) is 17.3 Å². The lowest BCUT2D eigenvalue weighted by molar-refractivity contribution is -0.138. The molecule has 1 aromatic carbocycles. The van der Waals surface area contributed by atoms with Gasteiger partial charge in [0.05, 0.1) is 12.0 Å². The Balaban J connectivity index is 1.73. The minimum absolute atomic E-state index is 0.0373. The van der Waals surface area contributed by atoms with E-state index < -0.39 is 17.9 Å². The third kappa shape index (κ3) is 5.16. The molecular formula is C28H42N4O4. The van der Waals surface area contributed by atoms with Crippen LogP contribution in [0.1, 0.15) is 62.9 Å². The number of piperazine rings is 1. The number of ether oxygens (including phenoxy) is 1. The topological polar surface area (TPSA) is 96.2 Å². The highest BCUT2D eigenvalue weighted by atomic mass is 16.5. The number of Topliss-reactive ketones (excluding diaryl/α,β-unsaturated/α-hetero) is 1. The molecule has 198 valence electrons. The Morgan fingerprint density at radius 1 is 1.14 bits per heavy atom. The van der Waals surface area contributed by atoms with Crippen LogP contribution in [0.4, 0.5) is 5.69 Å². The Hall–Kier alpha value is -2.45. The minimum atomic E-state index is -0.562. The molecule has 0 aliphatic carbocycles. The first-order valence-corrected chi connectivity index (χ1v) is 13.2. The van der Waals surface area contributed by atoms with Crippen molar-refractivity contribution < 1.29 is 19.1 Å². The molecule has 0 aromatic heterocycles. The van der Waals surface area contributed by atoms with Crippen molar-refractivity contribution in [2.24, 2.45) is 23.0 Å². The van der Waals surface area contributed by atoms with Crippen molar-refractivity contribution in [1.82, 2.24) is 9.80 Å². The first kappa shape index (κ1) is 26.6. The molecule has 2 amide bonds. The van der Waals surface area contributed by atoms with E-state index in [0.717, 1.165) is 31.9 Å². The number of anilines is 1. The summed E-state index contributed by atoms with van der Waals surface area (Å²) >= 11 is 0. The molecule has 0 unspecified atom stereocenters. The Morgan fingerprint density at radius 3 is 2.39 bits per heavy atom. The quantitative estimate of drug-likeness (QED) is 0.648. The van der Waals surface area contributed by atoms with E-state index in [2.05, 4.69) is 51.5 Å². The number of likely N-dealkylation sites (tertiary alicyclic amines) is 1. The average molecular weight is 499 g/mol. The third-order valence-corrected chi connectivity index (χ3v) is 8.13. The number of amides is 2. The van der Waals surface area contributed by atoms with Gasteiger partial charge in [0.1, 0.15) is 12.6 Å². The second-order valence-electron chi connectivity index (χ2n) is 12.3. The van der Waals surface area contributed by atoms with E-state index in [4.69, 9.17) is 10.5 Å². The number of likely N-dealkylation sites (N-methyl/N-ethyl adjacent to an activating group) is 1. The Morgan fingerprint density at radius 2 is 1.81 bits per heavy atom. The number of nitrogens with two attached hydrogens (primary N) is 1. The number of hydrogen-bond donors (Lipinski definition) is 1. The first-order chi connectivity index (χ1) is 16.9. The molecule has 4 rings (SSSR count). The van der Waals surface area contributed by atoms with Gasteiger partial charge in [0.15, 0.2) is 5.78 Å². The first-order valence-electron chi connectivity index (χ1n) is 13.2. The molecule has 0 bridgehead atoms. The lowest BCUT2D eigenvalue weighted by atomic mass is 9.78. The normalized spacial score (nSPS) is 26.0. The lowest BCUT2D eigenvalue weighted by Gasteiger charge is -2.35. The van der Waals surface area contributed by atoms with Gasteiger partial charge in [-0.05, 0) is 48.6 Å². The van der Waals surface area contributed by atoms with Gasteiger partial charge in [0, 0.05) is 49.9 Å². The average Bonchev–Trinajstić information content (AvgIpc) is 3.37. The third-order valence-electron chi connectivity index (χ3n) is 8.13. The summed E-state index contributed by atoms with van der Waals surface area (Å²) in [7, 11) is 2.11. The second kappa shape index (κ2) is 10.1. The monoisotopic (exact) mass is 498 g/mol. The summed E-state index contributed by atoms with van der Waals surface area (Å²) in [5.41, 5.74) is 7.74. The lowest BCUT2D eigenvalue weighted by Crippen LogP contribution is -2.45. The number of benzene rings is 1. The van der Waals surface area contributed by atoms with Crippen LogP contribution in [0.15, 0.2) is 18.2 Å². The second-order valence-corrected chi connectivity index (χ2v) is 12.3. The Bertz CT molecular complexity index is 1010. The predicted octanol–water partition coefficient (Wildman–Crippen LogP) is 2.51. The summed E-state index contributed by atoms with van der Waals surface area (Å²) in [5.74, 6) is -0.979. The van der Waals surface area contributed by atoms with Gasteiger partial charge in [-0.15, -0.1) is 0 Å². The van der Waals surface area contributed by atoms with Gasteiger partial charge in [0.25, 0.3) is 0 Å². The van der Waals surface area contributed by atoms with E-state index in [-0.39, 0.29) is 41.7 Å². The fourth-order valence-corrected chi connectivity index (χ4v) is 6.01. The van der Waals surface area contributed by atoms with Crippen molar-refractivity contribution in [3.63, 3.8) is 0 Å². The highest BCUT2D eigenvalue weighted by Gasteiger charge is 2.55. The molecule has 3 aliphatic rings. The van der Waals surface area contributed by atoms with Crippen LogP contribution in [0.2, 0.25) is 0 Å². The Labute approximate surface area is 215 Å². The summed E-state index contributed by atoms with van der Waals surface area (Å²) in [6, 6.07) is 5.12. The van der Waals surface area contributed by atoms with Gasteiger partial charge in [-0.2, -0.15) is 0 Å². The summed E-state index contributed by atoms with van der Waals surface area (Å²) in [5, 5.41) is 0. The molecule has 0 radical (unpaired) electrons. The van der Waals surface area contributed by atoms with E-state index >= 15 is 0 Å². The number of carbonyl (C=O) groups excluding carboxylic acids is 3. The maximum absolute atomic E-state index is 14.3. The van der Waals surface area contributed by atoms with Gasteiger partial charge >= 0.3 is 0 Å². The Kier molecular flexibility index (Phi) is 7.49. The van der Waals surface area contributed by atoms with Gasteiger partial charge in [-0.3, -0.25) is 14.4 Å². The van der Waals surface area contributed by atoms with Crippen LogP contribution in [-0.2, 0) is 14.3 Å². The zero-order chi connectivity index (χ0) is 26.4. The SMILES string of the molecule is CC(C)C[C@H](C(=O)N1C[C@H](C(C)(C)C)[C@H]2OCC(=O)[C@H]21)c1cc(N2CCN(C)CC2)ccc1C(N)=O. The molecule has 3 fully saturated rings. The molecule has 8 nitrogen and oxygen atoms in total. The van der Waals surface area contributed by atoms with Crippen LogP contribution in [-0.4, -0.2) is 85.9 Å². The van der Waals surface area contributed by atoms with Crippen LogP contribution >= 0.6 is 0 Å². The van der Waals surface area contributed by atoms with E-state index in [1.807, 2.05) is 12.1 Å². The summed E-state index contributed by atoms with van der Waals surface area (Å²) in [6.07, 6.45) is 0.280. The van der Waals surface area contributed by atoms with Crippen molar-refractivity contribution in [2.45, 2.75) is 59.1 Å².